The highest BCUT2D eigenvalue weighted by Crippen LogP contribution is 2.37. The lowest BCUT2D eigenvalue weighted by molar-refractivity contribution is 0.0932. The SMILES string of the molecule is O=C(NCc1ccccc1)c1nnc2n1C[C@H]1CN(C3CCC3)C[C@@H]1C2. The Hall–Kier alpha value is -2.21. The van der Waals surface area contributed by atoms with Crippen molar-refractivity contribution in [3.63, 3.8) is 0 Å². The van der Waals surface area contributed by atoms with Crippen molar-refractivity contribution < 1.29 is 4.79 Å². The summed E-state index contributed by atoms with van der Waals surface area (Å²) in [4.78, 5) is 15.3. The monoisotopic (exact) mass is 351 g/mol. The molecular weight excluding hydrogens is 326 g/mol. The molecule has 1 amide bonds. The van der Waals surface area contributed by atoms with Crippen molar-refractivity contribution in [3.05, 3.63) is 47.5 Å². The number of rotatable bonds is 4. The molecule has 2 fully saturated rings. The number of nitrogens with zero attached hydrogens (tertiary/aromatic N) is 4. The molecule has 3 heterocycles. The van der Waals surface area contributed by atoms with Gasteiger partial charge in [0.1, 0.15) is 5.82 Å². The topological polar surface area (TPSA) is 63.1 Å². The summed E-state index contributed by atoms with van der Waals surface area (Å²) < 4.78 is 2.06. The average molecular weight is 351 g/mol. The normalized spacial score (nSPS) is 25.4. The van der Waals surface area contributed by atoms with Gasteiger partial charge in [-0.15, -0.1) is 10.2 Å². The summed E-state index contributed by atoms with van der Waals surface area (Å²) in [6.07, 6.45) is 5.05. The molecule has 2 aliphatic heterocycles. The number of nitrogens with one attached hydrogen (secondary N) is 1. The van der Waals surface area contributed by atoms with E-state index < -0.39 is 0 Å². The van der Waals surface area contributed by atoms with E-state index in [0.717, 1.165) is 36.9 Å². The van der Waals surface area contributed by atoms with Gasteiger partial charge in [-0.2, -0.15) is 0 Å². The molecule has 0 bridgehead atoms. The Bertz CT molecular complexity index is 798. The molecule has 2 atom stereocenters. The molecule has 0 unspecified atom stereocenters. The van der Waals surface area contributed by atoms with Crippen LogP contribution in [0, 0.1) is 11.8 Å². The molecular formula is C20H25N5O. The van der Waals surface area contributed by atoms with Gasteiger partial charge < -0.3 is 9.88 Å². The molecule has 0 radical (unpaired) electrons. The molecule has 1 saturated heterocycles. The van der Waals surface area contributed by atoms with Crippen LogP contribution < -0.4 is 5.32 Å². The highest BCUT2D eigenvalue weighted by molar-refractivity contribution is 5.90. The van der Waals surface area contributed by atoms with Crippen molar-refractivity contribution in [2.75, 3.05) is 13.1 Å². The summed E-state index contributed by atoms with van der Waals surface area (Å²) in [5.74, 6) is 2.62. The Morgan fingerprint density at radius 2 is 1.88 bits per heavy atom. The van der Waals surface area contributed by atoms with Crippen LogP contribution in [0.25, 0.3) is 0 Å². The van der Waals surface area contributed by atoms with Gasteiger partial charge in [-0.25, -0.2) is 0 Å². The molecule has 1 saturated carbocycles. The molecule has 2 aromatic rings. The van der Waals surface area contributed by atoms with Crippen LogP contribution in [0.2, 0.25) is 0 Å². The molecule has 136 valence electrons. The van der Waals surface area contributed by atoms with Crippen molar-refractivity contribution in [2.24, 2.45) is 11.8 Å². The zero-order valence-electron chi connectivity index (χ0n) is 15.0. The van der Waals surface area contributed by atoms with Crippen LogP contribution in [0.15, 0.2) is 30.3 Å². The van der Waals surface area contributed by atoms with E-state index in [9.17, 15) is 4.79 Å². The van der Waals surface area contributed by atoms with Crippen molar-refractivity contribution in [1.82, 2.24) is 25.0 Å². The lowest BCUT2D eigenvalue weighted by atomic mass is 9.89. The van der Waals surface area contributed by atoms with Gasteiger partial charge in [0.15, 0.2) is 0 Å². The summed E-state index contributed by atoms with van der Waals surface area (Å²) in [6, 6.07) is 10.8. The molecule has 6 heteroatoms. The average Bonchev–Trinajstić information content (AvgIpc) is 3.20. The quantitative estimate of drug-likeness (QED) is 0.913. The van der Waals surface area contributed by atoms with E-state index in [1.54, 1.807) is 0 Å². The molecule has 3 aliphatic rings. The molecule has 1 N–H and O–H groups in total. The van der Waals surface area contributed by atoms with Crippen molar-refractivity contribution in [1.29, 1.82) is 0 Å². The van der Waals surface area contributed by atoms with Gasteiger partial charge in [0.05, 0.1) is 0 Å². The summed E-state index contributed by atoms with van der Waals surface area (Å²) in [6.45, 7) is 3.75. The lowest BCUT2D eigenvalue weighted by Crippen LogP contribution is -2.38. The minimum Gasteiger partial charge on any atom is -0.345 e. The maximum atomic E-state index is 12.6. The first-order valence-corrected chi connectivity index (χ1v) is 9.76. The third-order valence-electron chi connectivity index (χ3n) is 6.38. The van der Waals surface area contributed by atoms with Gasteiger partial charge in [0, 0.05) is 38.6 Å². The Labute approximate surface area is 153 Å². The number of carbonyl (C=O) groups excluding carboxylic acids is 1. The largest absolute Gasteiger partial charge is 0.345 e. The van der Waals surface area contributed by atoms with E-state index in [-0.39, 0.29) is 5.91 Å². The fourth-order valence-electron chi connectivity index (χ4n) is 4.64. The van der Waals surface area contributed by atoms with Gasteiger partial charge in [-0.1, -0.05) is 36.8 Å². The molecule has 1 aromatic heterocycles. The molecule has 26 heavy (non-hydrogen) atoms. The van der Waals surface area contributed by atoms with Crippen LogP contribution in [0.4, 0.5) is 0 Å². The Kier molecular flexibility index (Phi) is 4.00. The van der Waals surface area contributed by atoms with E-state index >= 15 is 0 Å². The number of carbonyl (C=O) groups is 1. The van der Waals surface area contributed by atoms with Gasteiger partial charge >= 0.3 is 0 Å². The fraction of sp³-hybridized carbons (Fsp3) is 0.550. The van der Waals surface area contributed by atoms with Gasteiger partial charge in [0.25, 0.3) is 5.91 Å². The molecule has 1 aromatic carbocycles. The summed E-state index contributed by atoms with van der Waals surface area (Å²) >= 11 is 0. The van der Waals surface area contributed by atoms with Crippen LogP contribution in [0.3, 0.4) is 0 Å². The predicted octanol–water partition coefficient (Wildman–Crippen LogP) is 1.86. The van der Waals surface area contributed by atoms with Crippen LogP contribution in [-0.2, 0) is 19.5 Å². The minimum atomic E-state index is -0.125. The van der Waals surface area contributed by atoms with Crippen molar-refractivity contribution in [3.8, 4) is 0 Å². The highest BCUT2D eigenvalue weighted by atomic mass is 16.2. The Morgan fingerprint density at radius 3 is 2.65 bits per heavy atom. The second kappa shape index (κ2) is 6.50. The molecule has 6 nitrogen and oxygen atoms in total. The van der Waals surface area contributed by atoms with Crippen molar-refractivity contribution >= 4 is 5.91 Å². The van der Waals surface area contributed by atoms with E-state index in [1.165, 1.54) is 25.8 Å². The van der Waals surface area contributed by atoms with Crippen molar-refractivity contribution in [2.45, 2.75) is 44.8 Å². The number of hydrogen-bond donors (Lipinski definition) is 1. The summed E-state index contributed by atoms with van der Waals surface area (Å²) in [5.41, 5.74) is 1.09. The van der Waals surface area contributed by atoms with E-state index in [0.29, 0.717) is 24.2 Å². The second-order valence-electron chi connectivity index (χ2n) is 7.98. The smallest absolute Gasteiger partial charge is 0.289 e. The van der Waals surface area contributed by atoms with Crippen LogP contribution in [0.5, 0.6) is 0 Å². The predicted molar refractivity (Wildman–Crippen MR) is 97.5 cm³/mol. The van der Waals surface area contributed by atoms with Crippen LogP contribution in [-0.4, -0.2) is 44.7 Å². The van der Waals surface area contributed by atoms with Gasteiger partial charge in [-0.3, -0.25) is 9.69 Å². The standard InChI is InChI=1S/C20H25N5O/c26-20(21-10-14-5-2-1-3-6-14)19-23-22-18-9-15-11-24(17-7-4-8-17)12-16(15)13-25(18)19/h1-3,5-6,15-17H,4,7-13H2,(H,21,26)/t15-,16+/m0/s1. The first-order chi connectivity index (χ1) is 12.8. The van der Waals surface area contributed by atoms with E-state index in [1.807, 2.05) is 30.3 Å². The van der Waals surface area contributed by atoms with Gasteiger partial charge in [-0.05, 0) is 30.2 Å². The van der Waals surface area contributed by atoms with Gasteiger partial charge in [0.2, 0.25) is 5.82 Å². The number of benzene rings is 1. The number of likely N-dealkylation sites (tertiary alicyclic amines) is 1. The van der Waals surface area contributed by atoms with E-state index in [4.69, 9.17) is 0 Å². The van der Waals surface area contributed by atoms with Crippen LogP contribution >= 0.6 is 0 Å². The lowest BCUT2D eigenvalue weighted by Gasteiger charge is -2.34. The summed E-state index contributed by atoms with van der Waals surface area (Å²) in [7, 11) is 0. The zero-order chi connectivity index (χ0) is 17.5. The molecule has 0 spiro atoms. The maximum Gasteiger partial charge on any atom is 0.289 e. The minimum absolute atomic E-state index is 0.125. The Morgan fingerprint density at radius 1 is 1.08 bits per heavy atom. The zero-order valence-corrected chi connectivity index (χ0v) is 15.0. The fourth-order valence-corrected chi connectivity index (χ4v) is 4.64. The molecule has 5 rings (SSSR count). The molecule has 1 aliphatic carbocycles. The number of aromatic nitrogens is 3. The second-order valence-corrected chi connectivity index (χ2v) is 7.98. The third kappa shape index (κ3) is 2.82. The number of fused-ring (bicyclic) bond motifs is 2. The highest BCUT2D eigenvalue weighted by Gasteiger charge is 2.41. The number of hydrogen-bond acceptors (Lipinski definition) is 4. The Balaban J connectivity index is 1.27. The first kappa shape index (κ1) is 16.0. The summed E-state index contributed by atoms with van der Waals surface area (Å²) in [5, 5.41) is 11.5. The van der Waals surface area contributed by atoms with E-state index in [2.05, 4.69) is 25.0 Å². The maximum absolute atomic E-state index is 12.6. The third-order valence-corrected chi connectivity index (χ3v) is 6.38. The first-order valence-electron chi connectivity index (χ1n) is 9.76. The number of amides is 1. The van der Waals surface area contributed by atoms with Crippen LogP contribution in [0.1, 0.15) is 41.3 Å².